The average Bonchev–Trinajstić information content (AvgIpc) is 2.40. The molecule has 0 radical (unpaired) electrons. The monoisotopic (exact) mass is 255 g/mol. The number of amides is 1. The van der Waals surface area contributed by atoms with Crippen molar-refractivity contribution in [3.8, 4) is 0 Å². The Hall–Kier alpha value is -0.570. The Labute approximate surface area is 112 Å². The van der Waals surface area contributed by atoms with E-state index in [1.54, 1.807) is 0 Å². The van der Waals surface area contributed by atoms with Gasteiger partial charge < -0.3 is 10.0 Å². The predicted octanol–water partition coefficient (Wildman–Crippen LogP) is 2.97. The maximum absolute atomic E-state index is 12.4. The molecule has 0 bridgehead atoms. The largest absolute Gasteiger partial charge is 0.395 e. The molecule has 1 rings (SSSR count). The number of hydrogen-bond acceptors (Lipinski definition) is 2. The third-order valence-electron chi connectivity index (χ3n) is 4.23. The van der Waals surface area contributed by atoms with Crippen molar-refractivity contribution < 1.29 is 9.90 Å². The molecular weight excluding hydrogens is 226 g/mol. The van der Waals surface area contributed by atoms with Crippen molar-refractivity contribution in [3.05, 3.63) is 0 Å². The Morgan fingerprint density at radius 1 is 1.22 bits per heavy atom. The lowest BCUT2D eigenvalue weighted by atomic mass is 9.86. The summed E-state index contributed by atoms with van der Waals surface area (Å²) in [5, 5.41) is 9.14. The standard InChI is InChI=1S/C15H29NO2/c1-3-14(4-2)16(10-11-17)15(18)12-13-8-6-5-7-9-13/h13-14,17H,3-12H2,1-2H3. The van der Waals surface area contributed by atoms with Crippen molar-refractivity contribution in [2.45, 2.75) is 71.3 Å². The number of hydrogen-bond donors (Lipinski definition) is 1. The van der Waals surface area contributed by atoms with Crippen LogP contribution >= 0.6 is 0 Å². The summed E-state index contributed by atoms with van der Waals surface area (Å²) in [4.78, 5) is 14.3. The van der Waals surface area contributed by atoms with Crippen LogP contribution in [0.4, 0.5) is 0 Å². The summed E-state index contributed by atoms with van der Waals surface area (Å²) in [6.45, 7) is 4.81. The van der Waals surface area contributed by atoms with E-state index in [1.165, 1.54) is 32.1 Å². The van der Waals surface area contributed by atoms with Gasteiger partial charge in [0.05, 0.1) is 6.61 Å². The SMILES string of the molecule is CCC(CC)N(CCO)C(=O)CC1CCCCC1. The minimum absolute atomic E-state index is 0.0763. The molecule has 1 amide bonds. The fraction of sp³-hybridized carbons (Fsp3) is 0.933. The first-order valence-electron chi connectivity index (χ1n) is 7.63. The minimum Gasteiger partial charge on any atom is -0.395 e. The molecule has 1 fully saturated rings. The molecule has 0 aromatic heterocycles. The van der Waals surface area contributed by atoms with Crippen LogP contribution in [0.3, 0.4) is 0 Å². The zero-order chi connectivity index (χ0) is 13.4. The quantitative estimate of drug-likeness (QED) is 0.760. The van der Waals surface area contributed by atoms with E-state index in [0.29, 0.717) is 24.9 Å². The van der Waals surface area contributed by atoms with Crippen LogP contribution in [0.5, 0.6) is 0 Å². The van der Waals surface area contributed by atoms with Crippen LogP contribution in [-0.4, -0.2) is 35.1 Å². The molecule has 0 saturated heterocycles. The first-order valence-corrected chi connectivity index (χ1v) is 7.63. The maximum atomic E-state index is 12.4. The summed E-state index contributed by atoms with van der Waals surface area (Å²) in [6.07, 6.45) is 8.96. The lowest BCUT2D eigenvalue weighted by Crippen LogP contribution is -2.42. The molecule has 0 aromatic carbocycles. The van der Waals surface area contributed by atoms with Crippen LogP contribution in [0, 0.1) is 5.92 Å². The highest BCUT2D eigenvalue weighted by atomic mass is 16.3. The first kappa shape index (κ1) is 15.5. The number of aliphatic hydroxyl groups is 1. The van der Waals surface area contributed by atoms with E-state index in [2.05, 4.69) is 13.8 Å². The van der Waals surface area contributed by atoms with Gasteiger partial charge >= 0.3 is 0 Å². The smallest absolute Gasteiger partial charge is 0.223 e. The van der Waals surface area contributed by atoms with Gasteiger partial charge in [-0.3, -0.25) is 4.79 Å². The molecule has 1 aliphatic carbocycles. The first-order chi connectivity index (χ1) is 8.72. The zero-order valence-corrected chi connectivity index (χ0v) is 12.0. The van der Waals surface area contributed by atoms with Crippen molar-refractivity contribution in [1.29, 1.82) is 0 Å². The zero-order valence-electron chi connectivity index (χ0n) is 12.0. The Morgan fingerprint density at radius 3 is 2.33 bits per heavy atom. The van der Waals surface area contributed by atoms with E-state index >= 15 is 0 Å². The normalized spacial score (nSPS) is 17.1. The van der Waals surface area contributed by atoms with Crippen LogP contribution in [0.15, 0.2) is 0 Å². The van der Waals surface area contributed by atoms with Gasteiger partial charge in [-0.2, -0.15) is 0 Å². The number of nitrogens with zero attached hydrogens (tertiary/aromatic N) is 1. The number of rotatable bonds is 7. The van der Waals surface area contributed by atoms with Crippen molar-refractivity contribution in [3.63, 3.8) is 0 Å². The molecule has 3 nitrogen and oxygen atoms in total. The van der Waals surface area contributed by atoms with Crippen LogP contribution in [0.1, 0.15) is 65.2 Å². The maximum Gasteiger partial charge on any atom is 0.223 e. The van der Waals surface area contributed by atoms with Crippen molar-refractivity contribution in [2.75, 3.05) is 13.2 Å². The number of carbonyl (C=O) groups excluding carboxylic acids is 1. The lowest BCUT2D eigenvalue weighted by Gasteiger charge is -2.32. The fourth-order valence-corrected chi connectivity index (χ4v) is 3.10. The van der Waals surface area contributed by atoms with Gasteiger partial charge in [-0.1, -0.05) is 33.1 Å². The predicted molar refractivity (Wildman–Crippen MR) is 74.4 cm³/mol. The minimum atomic E-state index is 0.0763. The lowest BCUT2D eigenvalue weighted by molar-refractivity contribution is -0.135. The molecule has 0 atom stereocenters. The van der Waals surface area contributed by atoms with E-state index in [0.717, 1.165) is 12.8 Å². The van der Waals surface area contributed by atoms with Gasteiger partial charge in [-0.05, 0) is 31.6 Å². The third kappa shape index (κ3) is 4.60. The number of carbonyl (C=O) groups is 1. The van der Waals surface area contributed by atoms with Gasteiger partial charge in [0, 0.05) is 19.0 Å². The summed E-state index contributed by atoms with van der Waals surface area (Å²) in [5.74, 6) is 0.839. The van der Waals surface area contributed by atoms with Crippen LogP contribution in [0.25, 0.3) is 0 Å². The molecule has 1 N–H and O–H groups in total. The molecule has 0 aromatic rings. The molecular formula is C15H29NO2. The molecule has 106 valence electrons. The summed E-state index contributed by atoms with van der Waals surface area (Å²) < 4.78 is 0. The van der Waals surface area contributed by atoms with Crippen molar-refractivity contribution in [1.82, 2.24) is 4.90 Å². The average molecular weight is 255 g/mol. The Kier molecular flexibility index (Phi) is 7.33. The molecule has 1 aliphatic rings. The molecule has 0 aliphatic heterocycles. The van der Waals surface area contributed by atoms with Crippen LogP contribution < -0.4 is 0 Å². The van der Waals surface area contributed by atoms with Crippen molar-refractivity contribution in [2.24, 2.45) is 5.92 Å². The molecule has 0 unspecified atom stereocenters. The van der Waals surface area contributed by atoms with E-state index in [4.69, 9.17) is 5.11 Å². The topological polar surface area (TPSA) is 40.5 Å². The van der Waals surface area contributed by atoms with Crippen molar-refractivity contribution >= 4 is 5.91 Å². The van der Waals surface area contributed by atoms with E-state index in [9.17, 15) is 4.79 Å². The molecule has 1 saturated carbocycles. The van der Waals surface area contributed by atoms with E-state index in [1.807, 2.05) is 4.90 Å². The van der Waals surface area contributed by atoms with Gasteiger partial charge in [0.25, 0.3) is 0 Å². The summed E-state index contributed by atoms with van der Waals surface area (Å²) in [6, 6.07) is 0.299. The summed E-state index contributed by atoms with van der Waals surface area (Å²) in [5.41, 5.74) is 0. The highest BCUT2D eigenvalue weighted by Crippen LogP contribution is 2.27. The van der Waals surface area contributed by atoms with Gasteiger partial charge in [-0.15, -0.1) is 0 Å². The second-order valence-corrected chi connectivity index (χ2v) is 5.49. The Bertz CT molecular complexity index is 233. The van der Waals surface area contributed by atoms with E-state index < -0.39 is 0 Å². The van der Waals surface area contributed by atoms with Gasteiger partial charge in [-0.25, -0.2) is 0 Å². The van der Waals surface area contributed by atoms with Gasteiger partial charge in [0.15, 0.2) is 0 Å². The van der Waals surface area contributed by atoms with E-state index in [-0.39, 0.29) is 12.5 Å². The Morgan fingerprint density at radius 2 is 1.83 bits per heavy atom. The third-order valence-corrected chi connectivity index (χ3v) is 4.23. The molecule has 18 heavy (non-hydrogen) atoms. The van der Waals surface area contributed by atoms with Gasteiger partial charge in [0.1, 0.15) is 0 Å². The highest BCUT2D eigenvalue weighted by Gasteiger charge is 2.24. The second-order valence-electron chi connectivity index (χ2n) is 5.49. The molecule has 0 heterocycles. The summed E-state index contributed by atoms with van der Waals surface area (Å²) >= 11 is 0. The summed E-state index contributed by atoms with van der Waals surface area (Å²) in [7, 11) is 0. The Balaban J connectivity index is 2.52. The molecule has 3 heteroatoms. The van der Waals surface area contributed by atoms with Crippen LogP contribution in [-0.2, 0) is 4.79 Å². The van der Waals surface area contributed by atoms with Gasteiger partial charge in [0.2, 0.25) is 5.91 Å². The fourth-order valence-electron chi connectivity index (χ4n) is 3.10. The van der Waals surface area contributed by atoms with Crippen LogP contribution in [0.2, 0.25) is 0 Å². The second kappa shape index (κ2) is 8.52. The number of aliphatic hydroxyl groups excluding tert-OH is 1. The molecule has 0 spiro atoms. The highest BCUT2D eigenvalue weighted by molar-refractivity contribution is 5.76.